The number of carbonyl (C=O) groups excluding carboxylic acids is 1. The van der Waals surface area contributed by atoms with E-state index in [-0.39, 0.29) is 6.09 Å². The molecule has 0 radical (unpaired) electrons. The van der Waals surface area contributed by atoms with Crippen LogP contribution in [0.3, 0.4) is 0 Å². The van der Waals surface area contributed by atoms with Crippen LogP contribution in [0.15, 0.2) is 18.5 Å². The van der Waals surface area contributed by atoms with Crippen molar-refractivity contribution in [2.75, 3.05) is 11.9 Å². The Hall–Kier alpha value is -1.58. The molecule has 4 heteroatoms. The highest BCUT2D eigenvalue weighted by Gasteiger charge is 2.21. The van der Waals surface area contributed by atoms with Gasteiger partial charge >= 0.3 is 6.09 Å². The molecule has 0 saturated carbocycles. The SMILES string of the molecule is Cc1ccncc1N(C)C(=O)OC(C)(C)C. The van der Waals surface area contributed by atoms with Crippen molar-refractivity contribution < 1.29 is 9.53 Å². The molecule has 88 valence electrons. The van der Waals surface area contributed by atoms with E-state index in [2.05, 4.69) is 4.98 Å². The van der Waals surface area contributed by atoms with Crippen LogP contribution in [0.25, 0.3) is 0 Å². The number of amides is 1. The number of aromatic nitrogens is 1. The Labute approximate surface area is 96.2 Å². The minimum atomic E-state index is -0.485. The summed E-state index contributed by atoms with van der Waals surface area (Å²) >= 11 is 0. The Morgan fingerprint density at radius 3 is 2.56 bits per heavy atom. The fraction of sp³-hybridized carbons (Fsp3) is 0.500. The van der Waals surface area contributed by atoms with Crippen LogP contribution in [-0.2, 0) is 4.74 Å². The van der Waals surface area contributed by atoms with Crippen molar-refractivity contribution in [2.45, 2.75) is 33.3 Å². The summed E-state index contributed by atoms with van der Waals surface area (Å²) < 4.78 is 5.27. The number of ether oxygens (including phenoxy) is 1. The number of aryl methyl sites for hydroxylation is 1. The van der Waals surface area contributed by atoms with Crippen molar-refractivity contribution in [3.05, 3.63) is 24.0 Å². The molecule has 0 spiro atoms. The van der Waals surface area contributed by atoms with Gasteiger partial charge in [-0.3, -0.25) is 9.88 Å². The number of nitrogens with zero attached hydrogens (tertiary/aromatic N) is 2. The van der Waals surface area contributed by atoms with Crippen molar-refractivity contribution in [3.63, 3.8) is 0 Å². The van der Waals surface area contributed by atoms with E-state index < -0.39 is 5.60 Å². The van der Waals surface area contributed by atoms with E-state index in [1.54, 1.807) is 19.4 Å². The van der Waals surface area contributed by atoms with Crippen LogP contribution in [0, 0.1) is 6.92 Å². The Bertz CT molecular complexity index is 383. The summed E-state index contributed by atoms with van der Waals surface area (Å²) in [4.78, 5) is 17.2. The average Bonchev–Trinajstić information content (AvgIpc) is 2.15. The lowest BCUT2D eigenvalue weighted by atomic mass is 10.2. The summed E-state index contributed by atoms with van der Waals surface area (Å²) in [5.41, 5.74) is 1.27. The topological polar surface area (TPSA) is 42.4 Å². The predicted octanol–water partition coefficient (Wildman–Crippen LogP) is 2.76. The minimum absolute atomic E-state index is 0.372. The van der Waals surface area contributed by atoms with Gasteiger partial charge in [0.15, 0.2) is 0 Å². The first-order valence-corrected chi connectivity index (χ1v) is 5.18. The van der Waals surface area contributed by atoms with Gasteiger partial charge in [-0.2, -0.15) is 0 Å². The second-order valence-corrected chi connectivity index (χ2v) is 4.70. The van der Waals surface area contributed by atoms with Crippen molar-refractivity contribution in [2.24, 2.45) is 0 Å². The van der Waals surface area contributed by atoms with Gasteiger partial charge in [0.25, 0.3) is 0 Å². The summed E-state index contributed by atoms with van der Waals surface area (Å²) in [7, 11) is 1.68. The quantitative estimate of drug-likeness (QED) is 0.733. The molecule has 0 aliphatic rings. The minimum Gasteiger partial charge on any atom is -0.443 e. The molecule has 0 aliphatic heterocycles. The van der Waals surface area contributed by atoms with Crippen LogP contribution >= 0.6 is 0 Å². The average molecular weight is 222 g/mol. The van der Waals surface area contributed by atoms with Crippen molar-refractivity contribution in [1.82, 2.24) is 4.98 Å². The van der Waals surface area contributed by atoms with Crippen molar-refractivity contribution in [3.8, 4) is 0 Å². The standard InChI is InChI=1S/C12H18N2O2/c1-9-6-7-13-8-10(9)14(5)11(15)16-12(2,3)4/h6-8H,1-5H3. The first-order chi connectivity index (χ1) is 7.31. The fourth-order valence-corrected chi connectivity index (χ4v) is 1.24. The maximum Gasteiger partial charge on any atom is 0.414 e. The molecule has 1 aromatic heterocycles. The molecule has 0 bridgehead atoms. The second kappa shape index (κ2) is 4.51. The summed E-state index contributed by atoms with van der Waals surface area (Å²) in [5, 5.41) is 0. The third kappa shape index (κ3) is 3.22. The van der Waals surface area contributed by atoms with Crippen molar-refractivity contribution >= 4 is 11.8 Å². The van der Waals surface area contributed by atoms with Gasteiger partial charge in [0.05, 0.1) is 11.9 Å². The highest BCUT2D eigenvalue weighted by molar-refractivity contribution is 5.87. The van der Waals surface area contributed by atoms with E-state index in [1.807, 2.05) is 33.8 Å². The maximum atomic E-state index is 11.8. The molecule has 0 aromatic carbocycles. The molecule has 1 heterocycles. The third-order valence-electron chi connectivity index (χ3n) is 2.04. The molecule has 4 nitrogen and oxygen atoms in total. The Morgan fingerprint density at radius 2 is 2.06 bits per heavy atom. The van der Waals surface area contributed by atoms with Crippen LogP contribution in [0.1, 0.15) is 26.3 Å². The molecule has 0 saturated heterocycles. The van der Waals surface area contributed by atoms with Gasteiger partial charge in [-0.1, -0.05) is 0 Å². The number of pyridine rings is 1. The number of anilines is 1. The molecule has 0 aliphatic carbocycles. The number of rotatable bonds is 1. The molecule has 1 amide bonds. The lowest BCUT2D eigenvalue weighted by molar-refractivity contribution is 0.0589. The molecular weight excluding hydrogens is 204 g/mol. The molecule has 0 N–H and O–H groups in total. The Morgan fingerprint density at radius 1 is 1.44 bits per heavy atom. The van der Waals surface area contributed by atoms with Crippen LogP contribution in [0.5, 0.6) is 0 Å². The molecule has 0 atom stereocenters. The van der Waals surface area contributed by atoms with Gasteiger partial charge in [0.2, 0.25) is 0 Å². The zero-order valence-corrected chi connectivity index (χ0v) is 10.4. The van der Waals surface area contributed by atoms with E-state index >= 15 is 0 Å². The summed E-state index contributed by atoms with van der Waals surface area (Å²) in [5.74, 6) is 0. The van der Waals surface area contributed by atoms with Gasteiger partial charge in [0, 0.05) is 13.2 Å². The van der Waals surface area contributed by atoms with Gasteiger partial charge in [-0.25, -0.2) is 4.79 Å². The first-order valence-electron chi connectivity index (χ1n) is 5.18. The zero-order valence-electron chi connectivity index (χ0n) is 10.4. The normalized spacial score (nSPS) is 11.1. The van der Waals surface area contributed by atoms with Crippen LogP contribution < -0.4 is 4.90 Å². The summed E-state index contributed by atoms with van der Waals surface area (Å²) in [6.45, 7) is 7.45. The van der Waals surface area contributed by atoms with Crippen LogP contribution in [0.2, 0.25) is 0 Å². The predicted molar refractivity (Wildman–Crippen MR) is 63.6 cm³/mol. The lowest BCUT2D eigenvalue weighted by Crippen LogP contribution is -2.34. The molecular formula is C12H18N2O2. The molecule has 1 rings (SSSR count). The molecule has 1 aromatic rings. The summed E-state index contributed by atoms with van der Waals surface area (Å²) in [6, 6.07) is 1.86. The molecule has 0 fully saturated rings. The van der Waals surface area contributed by atoms with Crippen LogP contribution in [0.4, 0.5) is 10.5 Å². The number of carbonyl (C=O) groups is 1. The fourth-order valence-electron chi connectivity index (χ4n) is 1.24. The van der Waals surface area contributed by atoms with Crippen LogP contribution in [-0.4, -0.2) is 23.7 Å². The molecule has 16 heavy (non-hydrogen) atoms. The van der Waals surface area contributed by atoms with Crippen molar-refractivity contribution in [1.29, 1.82) is 0 Å². The van der Waals surface area contributed by atoms with Gasteiger partial charge in [-0.05, 0) is 39.3 Å². The van der Waals surface area contributed by atoms with E-state index in [4.69, 9.17) is 4.74 Å². The van der Waals surface area contributed by atoms with Gasteiger partial charge in [0.1, 0.15) is 5.60 Å². The van der Waals surface area contributed by atoms with Gasteiger partial charge in [-0.15, -0.1) is 0 Å². The molecule has 0 unspecified atom stereocenters. The second-order valence-electron chi connectivity index (χ2n) is 4.70. The monoisotopic (exact) mass is 222 g/mol. The highest BCUT2D eigenvalue weighted by Crippen LogP contribution is 2.19. The summed E-state index contributed by atoms with van der Waals surface area (Å²) in [6.07, 6.45) is 2.98. The van der Waals surface area contributed by atoms with E-state index in [1.165, 1.54) is 4.90 Å². The smallest absolute Gasteiger partial charge is 0.414 e. The van der Waals surface area contributed by atoms with Gasteiger partial charge < -0.3 is 4.74 Å². The first kappa shape index (κ1) is 12.5. The Balaban J connectivity index is 2.83. The van der Waals surface area contributed by atoms with E-state index in [0.717, 1.165) is 11.3 Å². The zero-order chi connectivity index (χ0) is 12.3. The maximum absolute atomic E-state index is 11.8. The third-order valence-corrected chi connectivity index (χ3v) is 2.04. The highest BCUT2D eigenvalue weighted by atomic mass is 16.6. The van der Waals surface area contributed by atoms with E-state index in [9.17, 15) is 4.79 Å². The Kier molecular flexibility index (Phi) is 3.52. The largest absolute Gasteiger partial charge is 0.443 e. The number of hydrogen-bond donors (Lipinski definition) is 0. The van der Waals surface area contributed by atoms with E-state index in [0.29, 0.717) is 0 Å². The number of hydrogen-bond acceptors (Lipinski definition) is 3. The lowest BCUT2D eigenvalue weighted by Gasteiger charge is -2.25.